The monoisotopic (exact) mass is 427 g/mol. The lowest BCUT2D eigenvalue weighted by Crippen LogP contribution is -2.44. The SMILES string of the molecule is O=C(Nc1ccc(NC(=O)N2CCC(C(=O)NCC3CC3)CC2)cc1)NC1CCCC1. The molecular formula is C23H33N5O3. The number of rotatable bonds is 6. The number of carbonyl (C=O) groups excluding carboxylic acids is 3. The van der Waals surface area contributed by atoms with Gasteiger partial charge in [-0.25, -0.2) is 9.59 Å². The van der Waals surface area contributed by atoms with Crippen molar-refractivity contribution in [3.63, 3.8) is 0 Å². The lowest BCUT2D eigenvalue weighted by atomic mass is 9.96. The average Bonchev–Trinajstić information content (AvgIpc) is 3.48. The molecule has 0 spiro atoms. The molecule has 3 aliphatic rings. The number of amides is 5. The number of anilines is 2. The van der Waals surface area contributed by atoms with Crippen molar-refractivity contribution in [1.29, 1.82) is 0 Å². The van der Waals surface area contributed by atoms with Crippen LogP contribution in [0.4, 0.5) is 21.0 Å². The zero-order chi connectivity index (χ0) is 21.6. The summed E-state index contributed by atoms with van der Waals surface area (Å²) in [6.45, 7) is 1.95. The van der Waals surface area contributed by atoms with Crippen molar-refractivity contribution in [1.82, 2.24) is 15.5 Å². The first-order valence-corrected chi connectivity index (χ1v) is 11.6. The predicted molar refractivity (Wildman–Crippen MR) is 120 cm³/mol. The molecule has 2 aliphatic carbocycles. The van der Waals surface area contributed by atoms with Gasteiger partial charge in [-0.2, -0.15) is 0 Å². The Morgan fingerprint density at radius 2 is 1.45 bits per heavy atom. The van der Waals surface area contributed by atoms with E-state index < -0.39 is 0 Å². The van der Waals surface area contributed by atoms with E-state index >= 15 is 0 Å². The molecular weight excluding hydrogens is 394 g/mol. The van der Waals surface area contributed by atoms with Crippen LogP contribution in [0.1, 0.15) is 51.4 Å². The van der Waals surface area contributed by atoms with E-state index in [9.17, 15) is 14.4 Å². The van der Waals surface area contributed by atoms with Crippen molar-refractivity contribution < 1.29 is 14.4 Å². The number of hydrogen-bond acceptors (Lipinski definition) is 3. The molecule has 1 saturated heterocycles. The highest BCUT2D eigenvalue weighted by Crippen LogP contribution is 2.28. The maximum atomic E-state index is 12.6. The molecule has 0 radical (unpaired) electrons. The molecule has 1 aromatic rings. The van der Waals surface area contributed by atoms with E-state index in [1.54, 1.807) is 29.2 Å². The normalized spacial score (nSPS) is 19.7. The van der Waals surface area contributed by atoms with Gasteiger partial charge in [-0.15, -0.1) is 0 Å². The lowest BCUT2D eigenvalue weighted by Gasteiger charge is -2.31. The lowest BCUT2D eigenvalue weighted by molar-refractivity contribution is -0.126. The van der Waals surface area contributed by atoms with Crippen LogP contribution >= 0.6 is 0 Å². The summed E-state index contributed by atoms with van der Waals surface area (Å²) in [4.78, 5) is 38.6. The van der Waals surface area contributed by atoms with Crippen molar-refractivity contribution in [2.75, 3.05) is 30.3 Å². The van der Waals surface area contributed by atoms with Crippen LogP contribution in [0.2, 0.25) is 0 Å². The summed E-state index contributed by atoms with van der Waals surface area (Å²) in [6, 6.07) is 7.04. The van der Waals surface area contributed by atoms with Gasteiger partial charge in [-0.1, -0.05) is 12.8 Å². The summed E-state index contributed by atoms with van der Waals surface area (Å²) in [5, 5.41) is 11.8. The van der Waals surface area contributed by atoms with E-state index in [2.05, 4.69) is 21.3 Å². The second-order valence-electron chi connectivity index (χ2n) is 9.04. The fraction of sp³-hybridized carbons (Fsp3) is 0.609. The van der Waals surface area contributed by atoms with Crippen LogP contribution in [0, 0.1) is 11.8 Å². The highest BCUT2D eigenvalue weighted by atomic mass is 16.2. The molecule has 4 rings (SSSR count). The number of piperidine rings is 1. The summed E-state index contributed by atoms with van der Waals surface area (Å²) in [5.41, 5.74) is 1.36. The van der Waals surface area contributed by atoms with E-state index in [4.69, 9.17) is 0 Å². The third-order valence-electron chi connectivity index (χ3n) is 6.50. The van der Waals surface area contributed by atoms with Crippen LogP contribution in [0.15, 0.2) is 24.3 Å². The molecule has 0 aromatic heterocycles. The Labute approximate surface area is 183 Å². The van der Waals surface area contributed by atoms with E-state index in [1.165, 1.54) is 25.7 Å². The van der Waals surface area contributed by atoms with Crippen LogP contribution in [0.3, 0.4) is 0 Å². The first-order valence-electron chi connectivity index (χ1n) is 11.6. The third kappa shape index (κ3) is 6.35. The Balaban J connectivity index is 1.18. The van der Waals surface area contributed by atoms with Gasteiger partial charge in [-0.05, 0) is 68.7 Å². The number of likely N-dealkylation sites (tertiary alicyclic amines) is 1. The molecule has 3 fully saturated rings. The van der Waals surface area contributed by atoms with E-state index in [0.717, 1.165) is 19.4 Å². The Kier molecular flexibility index (Phi) is 6.94. The molecule has 8 nitrogen and oxygen atoms in total. The average molecular weight is 428 g/mol. The van der Waals surface area contributed by atoms with Crippen molar-refractivity contribution in [2.24, 2.45) is 11.8 Å². The second kappa shape index (κ2) is 10.0. The molecule has 168 valence electrons. The maximum Gasteiger partial charge on any atom is 0.321 e. The van der Waals surface area contributed by atoms with Gasteiger partial charge in [0.2, 0.25) is 5.91 Å². The van der Waals surface area contributed by atoms with Gasteiger partial charge in [0.1, 0.15) is 0 Å². The van der Waals surface area contributed by atoms with E-state index in [0.29, 0.717) is 43.2 Å². The topological polar surface area (TPSA) is 103 Å². The fourth-order valence-corrected chi connectivity index (χ4v) is 4.32. The van der Waals surface area contributed by atoms with E-state index in [1.807, 2.05) is 0 Å². The molecule has 1 aliphatic heterocycles. The first kappa shape index (κ1) is 21.5. The summed E-state index contributed by atoms with van der Waals surface area (Å²) in [7, 11) is 0. The van der Waals surface area contributed by atoms with Crippen LogP contribution < -0.4 is 21.3 Å². The molecule has 0 unspecified atom stereocenters. The summed E-state index contributed by atoms with van der Waals surface area (Å²) in [6.07, 6.45) is 8.27. The van der Waals surface area contributed by atoms with Crippen molar-refractivity contribution >= 4 is 29.3 Å². The summed E-state index contributed by atoms with van der Waals surface area (Å²) >= 11 is 0. The number of urea groups is 2. The summed E-state index contributed by atoms with van der Waals surface area (Å²) in [5.74, 6) is 0.814. The molecule has 0 bridgehead atoms. The van der Waals surface area contributed by atoms with Gasteiger partial charge in [0.15, 0.2) is 0 Å². The molecule has 4 N–H and O–H groups in total. The predicted octanol–water partition coefficient (Wildman–Crippen LogP) is 3.52. The highest BCUT2D eigenvalue weighted by molar-refractivity contribution is 5.92. The standard InChI is InChI=1S/C23H33N5O3/c29-21(24-15-16-5-6-16)17-11-13-28(14-12-17)23(31)27-20-9-7-19(8-10-20)26-22(30)25-18-3-1-2-4-18/h7-10,16-18H,1-6,11-15H2,(H,24,29)(H,27,31)(H2,25,26,30). The van der Waals surface area contributed by atoms with Crippen LogP contribution in [-0.2, 0) is 4.79 Å². The first-order chi connectivity index (χ1) is 15.1. The van der Waals surface area contributed by atoms with Gasteiger partial charge in [0.05, 0.1) is 0 Å². The Hall–Kier alpha value is -2.77. The zero-order valence-corrected chi connectivity index (χ0v) is 18.0. The number of carbonyl (C=O) groups is 3. The number of nitrogens with zero attached hydrogens (tertiary/aromatic N) is 1. The second-order valence-corrected chi connectivity index (χ2v) is 9.04. The van der Waals surface area contributed by atoms with Crippen LogP contribution in [0.25, 0.3) is 0 Å². The molecule has 1 heterocycles. The van der Waals surface area contributed by atoms with Gasteiger partial charge >= 0.3 is 12.1 Å². The number of benzene rings is 1. The van der Waals surface area contributed by atoms with Crippen molar-refractivity contribution in [2.45, 2.75) is 57.4 Å². The van der Waals surface area contributed by atoms with Gasteiger partial charge in [0, 0.05) is 43.0 Å². The zero-order valence-electron chi connectivity index (χ0n) is 18.0. The Morgan fingerprint density at radius 3 is 2.06 bits per heavy atom. The van der Waals surface area contributed by atoms with Crippen LogP contribution in [-0.4, -0.2) is 48.5 Å². The van der Waals surface area contributed by atoms with Gasteiger partial charge < -0.3 is 26.2 Å². The van der Waals surface area contributed by atoms with Crippen LogP contribution in [0.5, 0.6) is 0 Å². The minimum atomic E-state index is -0.187. The quantitative estimate of drug-likeness (QED) is 0.558. The summed E-state index contributed by atoms with van der Waals surface area (Å²) < 4.78 is 0. The fourth-order valence-electron chi connectivity index (χ4n) is 4.32. The Morgan fingerprint density at radius 1 is 0.839 bits per heavy atom. The van der Waals surface area contributed by atoms with Crippen molar-refractivity contribution in [3.8, 4) is 0 Å². The van der Waals surface area contributed by atoms with Gasteiger partial charge in [-0.3, -0.25) is 4.79 Å². The minimum Gasteiger partial charge on any atom is -0.356 e. The molecule has 1 aromatic carbocycles. The highest BCUT2D eigenvalue weighted by Gasteiger charge is 2.29. The van der Waals surface area contributed by atoms with E-state index in [-0.39, 0.29) is 29.9 Å². The molecule has 8 heteroatoms. The molecule has 5 amide bonds. The Bertz CT molecular complexity index is 779. The van der Waals surface area contributed by atoms with Crippen molar-refractivity contribution in [3.05, 3.63) is 24.3 Å². The minimum absolute atomic E-state index is 0.00328. The molecule has 0 atom stereocenters. The molecule has 31 heavy (non-hydrogen) atoms. The largest absolute Gasteiger partial charge is 0.356 e. The number of nitrogens with one attached hydrogen (secondary N) is 4. The smallest absolute Gasteiger partial charge is 0.321 e. The maximum absolute atomic E-state index is 12.6. The van der Waals surface area contributed by atoms with Gasteiger partial charge in [0.25, 0.3) is 0 Å². The number of hydrogen-bond donors (Lipinski definition) is 4. The molecule has 2 saturated carbocycles. The third-order valence-corrected chi connectivity index (χ3v) is 6.50.